The highest BCUT2D eigenvalue weighted by molar-refractivity contribution is 5.30. The normalized spacial score (nSPS) is 12.7. The highest BCUT2D eigenvalue weighted by Crippen LogP contribution is 2.24. The van der Waals surface area contributed by atoms with Crippen molar-refractivity contribution in [3.63, 3.8) is 0 Å². The van der Waals surface area contributed by atoms with E-state index in [-0.39, 0.29) is 5.56 Å². The van der Waals surface area contributed by atoms with E-state index in [0.717, 1.165) is 12.1 Å². The third-order valence-electron chi connectivity index (χ3n) is 3.16. The highest BCUT2D eigenvalue weighted by Gasteiger charge is 2.19. The molecule has 1 aromatic carbocycles. The van der Waals surface area contributed by atoms with E-state index in [1.54, 1.807) is 17.8 Å². The van der Waals surface area contributed by atoms with Gasteiger partial charge >= 0.3 is 0 Å². The van der Waals surface area contributed by atoms with Gasteiger partial charge in [0, 0.05) is 24.3 Å². The van der Waals surface area contributed by atoms with Gasteiger partial charge in [-0.25, -0.2) is 8.78 Å². The van der Waals surface area contributed by atoms with Gasteiger partial charge in [0.15, 0.2) is 0 Å². The average Bonchev–Trinajstić information content (AvgIpc) is 2.82. The molecule has 2 rings (SSSR count). The first kappa shape index (κ1) is 13.7. The molecule has 0 fully saturated rings. The summed E-state index contributed by atoms with van der Waals surface area (Å²) in [6, 6.07) is 1.95. The van der Waals surface area contributed by atoms with Crippen LogP contribution in [0.25, 0.3) is 0 Å². The first-order valence-corrected chi connectivity index (χ1v) is 6.24. The zero-order chi connectivity index (χ0) is 14.0. The summed E-state index contributed by atoms with van der Waals surface area (Å²) in [5.41, 5.74) is 7.15. The Morgan fingerprint density at radius 2 is 2.11 bits per heavy atom. The van der Waals surface area contributed by atoms with Crippen molar-refractivity contribution in [1.82, 2.24) is 9.78 Å². The SMILES string of the molecule is CCn1cc(CC(N)c2c(F)ccc(C)c2F)cn1. The minimum atomic E-state index is -0.714. The largest absolute Gasteiger partial charge is 0.323 e. The van der Waals surface area contributed by atoms with Crippen LogP contribution in [0.3, 0.4) is 0 Å². The van der Waals surface area contributed by atoms with Crippen LogP contribution in [0.4, 0.5) is 8.78 Å². The Bertz CT molecular complexity index is 578. The quantitative estimate of drug-likeness (QED) is 0.923. The van der Waals surface area contributed by atoms with Crippen molar-refractivity contribution in [2.24, 2.45) is 5.73 Å². The van der Waals surface area contributed by atoms with Gasteiger partial charge in [-0.15, -0.1) is 0 Å². The second kappa shape index (κ2) is 5.48. The number of benzene rings is 1. The van der Waals surface area contributed by atoms with Crippen molar-refractivity contribution in [1.29, 1.82) is 0 Å². The van der Waals surface area contributed by atoms with E-state index in [0.29, 0.717) is 12.0 Å². The molecule has 1 unspecified atom stereocenters. The summed E-state index contributed by atoms with van der Waals surface area (Å²) in [6.45, 7) is 4.32. The fourth-order valence-electron chi connectivity index (χ4n) is 2.06. The van der Waals surface area contributed by atoms with Gasteiger partial charge in [-0.05, 0) is 37.5 Å². The molecule has 1 aromatic heterocycles. The second-order valence-electron chi connectivity index (χ2n) is 4.61. The molecule has 19 heavy (non-hydrogen) atoms. The van der Waals surface area contributed by atoms with Gasteiger partial charge in [0.05, 0.1) is 6.20 Å². The summed E-state index contributed by atoms with van der Waals surface area (Å²) >= 11 is 0. The van der Waals surface area contributed by atoms with Crippen LogP contribution in [-0.2, 0) is 13.0 Å². The van der Waals surface area contributed by atoms with E-state index in [9.17, 15) is 8.78 Å². The maximum absolute atomic E-state index is 13.9. The van der Waals surface area contributed by atoms with E-state index < -0.39 is 17.7 Å². The molecule has 5 heteroatoms. The molecule has 1 atom stereocenters. The van der Waals surface area contributed by atoms with E-state index in [2.05, 4.69) is 5.10 Å². The molecular weight excluding hydrogens is 248 g/mol. The van der Waals surface area contributed by atoms with Gasteiger partial charge < -0.3 is 5.73 Å². The maximum Gasteiger partial charge on any atom is 0.133 e. The second-order valence-corrected chi connectivity index (χ2v) is 4.61. The number of rotatable bonds is 4. The van der Waals surface area contributed by atoms with Gasteiger partial charge in [0.1, 0.15) is 11.6 Å². The first-order chi connectivity index (χ1) is 9.02. The number of nitrogens with two attached hydrogens (primary N) is 1. The Balaban J connectivity index is 2.24. The molecule has 3 nitrogen and oxygen atoms in total. The smallest absolute Gasteiger partial charge is 0.133 e. The number of hydrogen-bond acceptors (Lipinski definition) is 2. The van der Waals surface area contributed by atoms with Crippen molar-refractivity contribution in [3.8, 4) is 0 Å². The molecule has 0 aliphatic carbocycles. The third-order valence-corrected chi connectivity index (χ3v) is 3.16. The van der Waals surface area contributed by atoms with Crippen LogP contribution in [0.5, 0.6) is 0 Å². The fraction of sp³-hybridized carbons (Fsp3) is 0.357. The van der Waals surface area contributed by atoms with Crippen LogP contribution in [-0.4, -0.2) is 9.78 Å². The van der Waals surface area contributed by atoms with Crippen molar-refractivity contribution in [3.05, 3.63) is 52.9 Å². The lowest BCUT2D eigenvalue weighted by molar-refractivity contribution is 0.520. The van der Waals surface area contributed by atoms with Crippen LogP contribution in [0.15, 0.2) is 24.5 Å². The summed E-state index contributed by atoms with van der Waals surface area (Å²) in [7, 11) is 0. The Morgan fingerprint density at radius 1 is 1.37 bits per heavy atom. The lowest BCUT2D eigenvalue weighted by Gasteiger charge is -2.14. The van der Waals surface area contributed by atoms with Gasteiger partial charge in [-0.1, -0.05) is 6.07 Å². The van der Waals surface area contributed by atoms with Crippen LogP contribution in [0.2, 0.25) is 0 Å². The Kier molecular flexibility index (Phi) is 3.95. The zero-order valence-electron chi connectivity index (χ0n) is 11.0. The topological polar surface area (TPSA) is 43.8 Å². The average molecular weight is 265 g/mol. The Hall–Kier alpha value is -1.75. The predicted octanol–water partition coefficient (Wildman–Crippen LogP) is 2.73. The molecule has 102 valence electrons. The van der Waals surface area contributed by atoms with Crippen molar-refractivity contribution < 1.29 is 8.78 Å². The predicted molar refractivity (Wildman–Crippen MR) is 69.6 cm³/mol. The summed E-state index contributed by atoms with van der Waals surface area (Å²) < 4.78 is 29.4. The number of hydrogen-bond donors (Lipinski definition) is 1. The zero-order valence-corrected chi connectivity index (χ0v) is 11.0. The lowest BCUT2D eigenvalue weighted by atomic mass is 9.98. The molecule has 0 aliphatic heterocycles. The van der Waals surface area contributed by atoms with Gasteiger partial charge in [0.2, 0.25) is 0 Å². The first-order valence-electron chi connectivity index (χ1n) is 6.24. The molecule has 0 spiro atoms. The summed E-state index contributed by atoms with van der Waals surface area (Å²) in [5.74, 6) is -1.16. The van der Waals surface area contributed by atoms with Gasteiger partial charge in [0.25, 0.3) is 0 Å². The minimum Gasteiger partial charge on any atom is -0.323 e. The van der Waals surface area contributed by atoms with Gasteiger partial charge in [-0.2, -0.15) is 5.10 Å². The van der Waals surface area contributed by atoms with Crippen LogP contribution >= 0.6 is 0 Å². The molecule has 1 heterocycles. The van der Waals surface area contributed by atoms with Crippen molar-refractivity contribution >= 4 is 0 Å². The van der Waals surface area contributed by atoms with E-state index in [1.165, 1.54) is 12.1 Å². The number of halogens is 2. The number of nitrogens with zero attached hydrogens (tertiary/aromatic N) is 2. The molecule has 2 N–H and O–H groups in total. The summed E-state index contributed by atoms with van der Waals surface area (Å²) in [5, 5.41) is 4.12. The Morgan fingerprint density at radius 3 is 2.74 bits per heavy atom. The molecule has 0 aliphatic rings. The number of aryl methyl sites for hydroxylation is 2. The van der Waals surface area contributed by atoms with Crippen molar-refractivity contribution in [2.75, 3.05) is 0 Å². The van der Waals surface area contributed by atoms with E-state index >= 15 is 0 Å². The third kappa shape index (κ3) is 2.81. The van der Waals surface area contributed by atoms with E-state index in [1.807, 2.05) is 13.1 Å². The Labute approximate surface area is 111 Å². The van der Waals surface area contributed by atoms with Crippen LogP contribution in [0.1, 0.15) is 29.7 Å². The highest BCUT2D eigenvalue weighted by atomic mass is 19.1. The summed E-state index contributed by atoms with van der Waals surface area (Å²) in [4.78, 5) is 0. The number of aromatic nitrogens is 2. The van der Waals surface area contributed by atoms with Crippen LogP contribution in [0, 0.1) is 18.6 Å². The maximum atomic E-state index is 13.9. The molecule has 2 aromatic rings. The standard InChI is InChI=1S/C14H17F2N3/c1-3-19-8-10(7-18-19)6-12(17)13-11(15)5-4-9(2)14(13)16/h4-5,7-8,12H,3,6,17H2,1-2H3. The molecule has 0 bridgehead atoms. The van der Waals surface area contributed by atoms with Gasteiger partial charge in [-0.3, -0.25) is 4.68 Å². The van der Waals surface area contributed by atoms with E-state index in [4.69, 9.17) is 5.73 Å². The molecule has 0 radical (unpaired) electrons. The summed E-state index contributed by atoms with van der Waals surface area (Å²) in [6.07, 6.45) is 3.87. The molecular formula is C14H17F2N3. The van der Waals surface area contributed by atoms with Crippen LogP contribution < -0.4 is 5.73 Å². The van der Waals surface area contributed by atoms with Crippen molar-refractivity contribution in [2.45, 2.75) is 32.9 Å². The molecule has 0 saturated carbocycles. The molecule has 0 amide bonds. The molecule has 0 saturated heterocycles. The minimum absolute atomic E-state index is 0.0516. The lowest BCUT2D eigenvalue weighted by Crippen LogP contribution is -2.17. The monoisotopic (exact) mass is 265 g/mol. The fourth-order valence-corrected chi connectivity index (χ4v) is 2.06.